The Morgan fingerprint density at radius 1 is 1.20 bits per heavy atom. The van der Waals surface area contributed by atoms with E-state index in [2.05, 4.69) is 21.2 Å². The first-order valence-corrected chi connectivity index (χ1v) is 7.18. The molecule has 20 heavy (non-hydrogen) atoms. The predicted molar refractivity (Wildman–Crippen MR) is 80.7 cm³/mol. The number of benzene rings is 2. The predicted octanol–water partition coefficient (Wildman–Crippen LogP) is 4.54. The molecule has 0 aliphatic heterocycles. The van der Waals surface area contributed by atoms with Gasteiger partial charge in [-0.15, -0.1) is 0 Å². The summed E-state index contributed by atoms with van der Waals surface area (Å²) in [5.74, 6) is -0.482. The van der Waals surface area contributed by atoms with Gasteiger partial charge in [-0.2, -0.15) is 0 Å². The molecule has 106 valence electrons. The van der Waals surface area contributed by atoms with E-state index in [1.165, 1.54) is 6.07 Å². The highest BCUT2D eigenvalue weighted by molar-refractivity contribution is 9.10. The Kier molecular flexibility index (Phi) is 4.89. The molecule has 0 aromatic heterocycles. The summed E-state index contributed by atoms with van der Waals surface area (Å²) in [4.78, 5) is 0. The molecule has 0 aliphatic carbocycles. The van der Waals surface area contributed by atoms with Crippen molar-refractivity contribution in [3.05, 3.63) is 69.2 Å². The second-order valence-corrected chi connectivity index (χ2v) is 5.63. The molecule has 0 fully saturated rings. The number of rotatable bonds is 4. The van der Waals surface area contributed by atoms with Crippen molar-refractivity contribution in [1.82, 2.24) is 5.32 Å². The Balaban J connectivity index is 2.28. The molecule has 0 saturated heterocycles. The van der Waals surface area contributed by atoms with E-state index < -0.39 is 0 Å². The molecular weight excluding hydrogens is 324 g/mol. The number of nitrogens with one attached hydrogen (secondary N) is 1. The van der Waals surface area contributed by atoms with Crippen LogP contribution in [0.2, 0.25) is 0 Å². The molecule has 1 atom stereocenters. The lowest BCUT2D eigenvalue weighted by Crippen LogP contribution is -2.20. The largest absolute Gasteiger partial charge is 0.313 e. The fraction of sp³-hybridized carbons (Fsp3) is 0.250. The van der Waals surface area contributed by atoms with Crippen LogP contribution < -0.4 is 5.32 Å². The van der Waals surface area contributed by atoms with Crippen molar-refractivity contribution < 1.29 is 8.78 Å². The molecule has 1 nitrogen and oxygen atoms in total. The molecule has 1 N–H and O–H groups in total. The van der Waals surface area contributed by atoms with E-state index in [0.717, 1.165) is 5.56 Å². The van der Waals surface area contributed by atoms with Gasteiger partial charge in [0.15, 0.2) is 0 Å². The highest BCUT2D eigenvalue weighted by atomic mass is 79.9. The minimum Gasteiger partial charge on any atom is -0.313 e. The summed E-state index contributed by atoms with van der Waals surface area (Å²) in [6.07, 6.45) is 0.593. The van der Waals surface area contributed by atoms with Crippen LogP contribution in [0.1, 0.15) is 22.7 Å². The SMILES string of the molecule is CNC(Cc1ccc(F)c(Br)c1)c1cccc(C)c1F. The summed E-state index contributed by atoms with van der Waals surface area (Å²) in [5, 5.41) is 3.12. The van der Waals surface area contributed by atoms with Gasteiger partial charge in [0.2, 0.25) is 0 Å². The standard InChI is InChI=1S/C16H16BrF2N/c1-10-4-3-5-12(16(10)19)15(20-2)9-11-6-7-14(18)13(17)8-11/h3-8,15,20H,9H2,1-2H3. The van der Waals surface area contributed by atoms with Crippen LogP contribution in [-0.2, 0) is 6.42 Å². The van der Waals surface area contributed by atoms with Crippen molar-refractivity contribution in [2.75, 3.05) is 7.05 Å². The third-order valence-corrected chi connectivity index (χ3v) is 3.98. The van der Waals surface area contributed by atoms with Gasteiger partial charge < -0.3 is 5.32 Å². The Morgan fingerprint density at radius 2 is 1.95 bits per heavy atom. The minimum atomic E-state index is -0.295. The van der Waals surface area contributed by atoms with Crippen molar-refractivity contribution in [3.8, 4) is 0 Å². The number of aryl methyl sites for hydroxylation is 1. The summed E-state index contributed by atoms with van der Waals surface area (Å²) in [7, 11) is 1.80. The van der Waals surface area contributed by atoms with Crippen LogP contribution in [0.25, 0.3) is 0 Å². The Hall–Kier alpha value is -1.26. The van der Waals surface area contributed by atoms with Crippen LogP contribution in [0, 0.1) is 18.6 Å². The summed E-state index contributed by atoms with van der Waals surface area (Å²) < 4.78 is 27.8. The maximum atomic E-state index is 14.2. The van der Waals surface area contributed by atoms with E-state index in [0.29, 0.717) is 22.0 Å². The Labute approximate surface area is 126 Å². The van der Waals surface area contributed by atoms with Gasteiger partial charge in [-0.05, 0) is 59.6 Å². The lowest BCUT2D eigenvalue weighted by Gasteiger charge is -2.18. The molecule has 0 radical (unpaired) electrons. The lowest BCUT2D eigenvalue weighted by molar-refractivity contribution is 0.529. The van der Waals surface area contributed by atoms with E-state index in [1.807, 2.05) is 6.07 Å². The van der Waals surface area contributed by atoms with Crippen LogP contribution in [0.3, 0.4) is 0 Å². The van der Waals surface area contributed by atoms with Gasteiger partial charge in [0.25, 0.3) is 0 Å². The summed E-state index contributed by atoms with van der Waals surface area (Å²) in [6.45, 7) is 1.75. The van der Waals surface area contributed by atoms with Crippen molar-refractivity contribution in [2.45, 2.75) is 19.4 Å². The van der Waals surface area contributed by atoms with Gasteiger partial charge in [-0.3, -0.25) is 0 Å². The van der Waals surface area contributed by atoms with Gasteiger partial charge in [-0.1, -0.05) is 24.3 Å². The molecule has 0 bridgehead atoms. The van der Waals surface area contributed by atoms with E-state index in [9.17, 15) is 8.78 Å². The zero-order chi connectivity index (χ0) is 14.7. The molecule has 0 amide bonds. The Bertz CT molecular complexity index is 613. The Morgan fingerprint density at radius 3 is 2.60 bits per heavy atom. The molecule has 2 aromatic rings. The molecular formula is C16H16BrF2N. The smallest absolute Gasteiger partial charge is 0.137 e. The van der Waals surface area contributed by atoms with Gasteiger partial charge >= 0.3 is 0 Å². The van der Waals surface area contributed by atoms with Crippen LogP contribution >= 0.6 is 15.9 Å². The molecule has 0 heterocycles. The maximum absolute atomic E-state index is 14.2. The van der Waals surface area contributed by atoms with E-state index >= 15 is 0 Å². The first-order valence-electron chi connectivity index (χ1n) is 6.39. The monoisotopic (exact) mass is 339 g/mol. The van der Waals surface area contributed by atoms with E-state index in [-0.39, 0.29) is 17.7 Å². The van der Waals surface area contributed by atoms with Crippen LogP contribution in [-0.4, -0.2) is 7.05 Å². The zero-order valence-electron chi connectivity index (χ0n) is 11.4. The van der Waals surface area contributed by atoms with Gasteiger partial charge in [-0.25, -0.2) is 8.78 Å². The molecule has 2 aromatic carbocycles. The molecule has 0 saturated carbocycles. The molecule has 2 rings (SSSR count). The zero-order valence-corrected chi connectivity index (χ0v) is 13.0. The van der Waals surface area contributed by atoms with E-state index in [4.69, 9.17) is 0 Å². The average molecular weight is 340 g/mol. The number of hydrogen-bond donors (Lipinski definition) is 1. The topological polar surface area (TPSA) is 12.0 Å². The minimum absolute atomic E-state index is 0.146. The molecule has 0 aliphatic rings. The van der Waals surface area contributed by atoms with Crippen LogP contribution in [0.15, 0.2) is 40.9 Å². The highest BCUT2D eigenvalue weighted by Crippen LogP contribution is 2.25. The number of hydrogen-bond acceptors (Lipinski definition) is 1. The number of halogens is 3. The van der Waals surface area contributed by atoms with Gasteiger partial charge in [0.05, 0.1) is 4.47 Å². The lowest BCUT2D eigenvalue weighted by atomic mass is 9.97. The third-order valence-electron chi connectivity index (χ3n) is 3.37. The summed E-state index contributed by atoms with van der Waals surface area (Å²) >= 11 is 3.17. The normalized spacial score (nSPS) is 12.4. The fourth-order valence-corrected chi connectivity index (χ4v) is 2.64. The number of likely N-dealkylation sites (N-methyl/N-ethyl adjacent to an activating group) is 1. The molecule has 0 spiro atoms. The first kappa shape index (κ1) is 15.1. The van der Waals surface area contributed by atoms with Crippen molar-refractivity contribution >= 4 is 15.9 Å². The van der Waals surface area contributed by atoms with Crippen LogP contribution in [0.5, 0.6) is 0 Å². The van der Waals surface area contributed by atoms with Crippen molar-refractivity contribution in [2.24, 2.45) is 0 Å². The maximum Gasteiger partial charge on any atom is 0.137 e. The summed E-state index contributed by atoms with van der Waals surface area (Å²) in [5.41, 5.74) is 2.20. The third kappa shape index (κ3) is 3.25. The summed E-state index contributed by atoms with van der Waals surface area (Å²) in [6, 6.07) is 10.1. The van der Waals surface area contributed by atoms with E-state index in [1.54, 1.807) is 38.2 Å². The molecule has 4 heteroatoms. The first-order chi connectivity index (χ1) is 9.52. The fourth-order valence-electron chi connectivity index (χ4n) is 2.21. The van der Waals surface area contributed by atoms with Crippen molar-refractivity contribution in [3.63, 3.8) is 0 Å². The molecule has 1 unspecified atom stereocenters. The second-order valence-electron chi connectivity index (χ2n) is 4.77. The van der Waals surface area contributed by atoms with Crippen LogP contribution in [0.4, 0.5) is 8.78 Å². The van der Waals surface area contributed by atoms with Gasteiger partial charge in [0, 0.05) is 11.6 Å². The van der Waals surface area contributed by atoms with Crippen molar-refractivity contribution in [1.29, 1.82) is 0 Å². The second kappa shape index (κ2) is 6.46. The quantitative estimate of drug-likeness (QED) is 0.862. The average Bonchev–Trinajstić information content (AvgIpc) is 2.43. The highest BCUT2D eigenvalue weighted by Gasteiger charge is 2.16. The van der Waals surface area contributed by atoms with Gasteiger partial charge in [0.1, 0.15) is 11.6 Å².